The van der Waals surface area contributed by atoms with Gasteiger partial charge in [-0.05, 0) is 48.9 Å². The van der Waals surface area contributed by atoms with Gasteiger partial charge in [-0.3, -0.25) is 10.1 Å². The highest BCUT2D eigenvalue weighted by Gasteiger charge is 2.45. The van der Waals surface area contributed by atoms with E-state index in [9.17, 15) is 4.79 Å². The van der Waals surface area contributed by atoms with Crippen LogP contribution in [-0.2, 0) is 26.6 Å². The van der Waals surface area contributed by atoms with Crippen LogP contribution in [0.2, 0.25) is 10.0 Å². The van der Waals surface area contributed by atoms with E-state index in [1.807, 2.05) is 31.2 Å². The maximum atomic E-state index is 11.9. The number of benzene rings is 2. The molecular formula is C27H26Cl2N6O4. The van der Waals surface area contributed by atoms with Gasteiger partial charge in [-0.25, -0.2) is 19.6 Å². The summed E-state index contributed by atoms with van der Waals surface area (Å²) in [7, 11) is 0. The van der Waals surface area contributed by atoms with Crippen LogP contribution in [0.3, 0.4) is 0 Å². The zero-order valence-electron chi connectivity index (χ0n) is 21.1. The first-order chi connectivity index (χ1) is 18.9. The van der Waals surface area contributed by atoms with Crippen molar-refractivity contribution in [3.63, 3.8) is 0 Å². The van der Waals surface area contributed by atoms with Gasteiger partial charge >= 0.3 is 0 Å². The van der Waals surface area contributed by atoms with Crippen LogP contribution in [0.5, 0.6) is 5.75 Å². The lowest BCUT2D eigenvalue weighted by Gasteiger charge is -2.29. The minimum Gasteiger partial charge on any atom is -0.491 e. The highest BCUT2D eigenvalue weighted by Crippen LogP contribution is 2.40. The van der Waals surface area contributed by atoms with E-state index in [1.165, 1.54) is 6.33 Å². The molecule has 5 rings (SSSR count). The van der Waals surface area contributed by atoms with Crippen LogP contribution >= 0.6 is 23.2 Å². The molecule has 2 atom stereocenters. The highest BCUT2D eigenvalue weighted by molar-refractivity contribution is 6.35. The van der Waals surface area contributed by atoms with Gasteiger partial charge in [-0.1, -0.05) is 36.2 Å². The van der Waals surface area contributed by atoms with Crippen molar-refractivity contribution in [2.75, 3.05) is 18.5 Å². The molecule has 0 aliphatic carbocycles. The number of hydrogen-bond donors (Lipinski definition) is 1. The van der Waals surface area contributed by atoms with Crippen LogP contribution in [0.1, 0.15) is 25.3 Å². The van der Waals surface area contributed by atoms with Gasteiger partial charge in [0.25, 0.3) is 0 Å². The predicted octanol–water partition coefficient (Wildman–Crippen LogP) is 5.13. The van der Waals surface area contributed by atoms with Gasteiger partial charge in [0.15, 0.2) is 0 Å². The lowest BCUT2D eigenvalue weighted by molar-refractivity contribution is -0.190. The quantitative estimate of drug-likeness (QED) is 0.280. The number of carbonyl (C=O) groups excluding carboxylic acids is 1. The Labute approximate surface area is 235 Å². The van der Waals surface area contributed by atoms with Gasteiger partial charge in [-0.2, -0.15) is 5.10 Å². The number of anilines is 1. The Morgan fingerprint density at radius 1 is 1.21 bits per heavy atom. The number of carbonyl (C=O) groups is 1. The lowest BCUT2D eigenvalue weighted by Crippen LogP contribution is -2.35. The number of aromatic nitrogens is 5. The summed E-state index contributed by atoms with van der Waals surface area (Å²) in [6, 6.07) is 14.4. The molecule has 1 saturated heterocycles. The molecule has 0 spiro atoms. The summed E-state index contributed by atoms with van der Waals surface area (Å²) in [5, 5.41) is 7.85. The highest BCUT2D eigenvalue weighted by atomic mass is 35.5. The van der Waals surface area contributed by atoms with Crippen molar-refractivity contribution in [1.82, 2.24) is 24.7 Å². The van der Waals surface area contributed by atoms with Crippen molar-refractivity contribution in [3.05, 3.63) is 83.0 Å². The van der Waals surface area contributed by atoms with Crippen LogP contribution < -0.4 is 10.1 Å². The van der Waals surface area contributed by atoms with Crippen LogP contribution in [0.25, 0.3) is 11.3 Å². The van der Waals surface area contributed by atoms with E-state index in [0.29, 0.717) is 40.1 Å². The molecule has 39 heavy (non-hydrogen) atoms. The molecule has 4 aromatic rings. The van der Waals surface area contributed by atoms with E-state index in [0.717, 1.165) is 12.0 Å². The normalized spacial score (nSPS) is 18.7. The van der Waals surface area contributed by atoms with Crippen molar-refractivity contribution < 1.29 is 19.0 Å². The molecule has 1 N–H and O–H groups in total. The molecule has 0 radical (unpaired) electrons. The second-order valence-electron chi connectivity index (χ2n) is 8.92. The number of rotatable bonds is 10. The molecule has 2 aromatic heterocycles. The van der Waals surface area contributed by atoms with Gasteiger partial charge < -0.3 is 14.2 Å². The third-order valence-corrected chi connectivity index (χ3v) is 6.56. The first-order valence-electron chi connectivity index (χ1n) is 12.4. The molecule has 1 amide bonds. The van der Waals surface area contributed by atoms with Gasteiger partial charge in [0, 0.05) is 28.8 Å². The molecule has 1 fully saturated rings. The molecule has 0 bridgehead atoms. The number of ether oxygens (including phenoxy) is 3. The van der Waals surface area contributed by atoms with E-state index in [1.54, 1.807) is 41.5 Å². The Balaban J connectivity index is 1.24. The van der Waals surface area contributed by atoms with Crippen molar-refractivity contribution in [2.24, 2.45) is 0 Å². The van der Waals surface area contributed by atoms with Crippen molar-refractivity contribution in [2.45, 2.75) is 38.2 Å². The zero-order chi connectivity index (χ0) is 27.2. The van der Waals surface area contributed by atoms with Gasteiger partial charge in [0.1, 0.15) is 37.7 Å². The summed E-state index contributed by atoms with van der Waals surface area (Å²) in [5.41, 5.74) is 2.19. The standard InChI is InChI=1S/C27H26Cl2N6O4/c1-2-3-25(36)34-26-31-11-10-24(33-26)18-4-7-20(8-5-18)37-13-21-14-38-27(39-21,15-35-17-30-16-32-35)22-9-6-19(28)12-23(22)29/h4-12,16-17,21H,2-3,13-15H2,1H3,(H,31,33,34,36). The Hall–Kier alpha value is -3.57. The second-order valence-corrected chi connectivity index (χ2v) is 9.76. The summed E-state index contributed by atoms with van der Waals surface area (Å²) in [5.74, 6) is -0.351. The van der Waals surface area contributed by atoms with E-state index in [4.69, 9.17) is 37.4 Å². The molecule has 0 saturated carbocycles. The Kier molecular flexibility index (Phi) is 8.37. The Morgan fingerprint density at radius 3 is 2.79 bits per heavy atom. The average molecular weight is 569 g/mol. The molecule has 3 heterocycles. The number of nitrogens with zero attached hydrogens (tertiary/aromatic N) is 5. The molecule has 2 aromatic carbocycles. The summed E-state index contributed by atoms with van der Waals surface area (Å²) in [6.07, 6.45) is 5.46. The van der Waals surface area contributed by atoms with E-state index < -0.39 is 5.79 Å². The topological polar surface area (TPSA) is 113 Å². The zero-order valence-corrected chi connectivity index (χ0v) is 22.6. The first-order valence-corrected chi connectivity index (χ1v) is 13.2. The van der Waals surface area contributed by atoms with E-state index >= 15 is 0 Å². The predicted molar refractivity (Wildman–Crippen MR) is 145 cm³/mol. The third-order valence-electron chi connectivity index (χ3n) is 6.01. The number of halogens is 2. The van der Waals surface area contributed by atoms with Gasteiger partial charge in [-0.15, -0.1) is 0 Å². The number of amides is 1. The van der Waals surface area contributed by atoms with Crippen LogP contribution in [0.15, 0.2) is 67.4 Å². The molecule has 202 valence electrons. The van der Waals surface area contributed by atoms with Crippen molar-refractivity contribution >= 4 is 35.1 Å². The molecular weight excluding hydrogens is 543 g/mol. The van der Waals surface area contributed by atoms with Gasteiger partial charge in [0.2, 0.25) is 17.6 Å². The first kappa shape index (κ1) is 27.0. The lowest BCUT2D eigenvalue weighted by atomic mass is 10.1. The Bertz CT molecular complexity index is 1420. The monoisotopic (exact) mass is 568 g/mol. The number of nitrogens with one attached hydrogen (secondary N) is 1. The van der Waals surface area contributed by atoms with Crippen LogP contribution in [-0.4, -0.2) is 50.0 Å². The Morgan fingerprint density at radius 2 is 2.05 bits per heavy atom. The smallest absolute Gasteiger partial charge is 0.229 e. The molecule has 12 heteroatoms. The van der Waals surface area contributed by atoms with Crippen LogP contribution in [0.4, 0.5) is 5.95 Å². The minimum absolute atomic E-state index is 0.111. The molecule has 1 aliphatic heterocycles. The van der Waals surface area contributed by atoms with Gasteiger partial charge in [0.05, 0.1) is 17.3 Å². The molecule has 2 unspecified atom stereocenters. The third kappa shape index (κ3) is 6.54. The van der Waals surface area contributed by atoms with Crippen molar-refractivity contribution in [3.8, 4) is 17.0 Å². The van der Waals surface area contributed by atoms with Crippen LogP contribution in [0, 0.1) is 0 Å². The SMILES string of the molecule is CCCC(=O)Nc1nccc(-c2ccc(OCC3COC(Cn4cncn4)(c4ccc(Cl)cc4Cl)O3)cc2)n1. The minimum atomic E-state index is -1.18. The maximum Gasteiger partial charge on any atom is 0.229 e. The second kappa shape index (κ2) is 12.1. The number of hydrogen-bond acceptors (Lipinski definition) is 8. The summed E-state index contributed by atoms with van der Waals surface area (Å²) >= 11 is 12.6. The van der Waals surface area contributed by atoms with Crippen molar-refractivity contribution in [1.29, 1.82) is 0 Å². The fraction of sp³-hybridized carbons (Fsp3) is 0.296. The van der Waals surface area contributed by atoms with E-state index in [2.05, 4.69) is 25.4 Å². The summed E-state index contributed by atoms with van der Waals surface area (Å²) in [4.78, 5) is 24.4. The average Bonchev–Trinajstić information content (AvgIpc) is 3.59. The molecule has 10 nitrogen and oxygen atoms in total. The maximum absolute atomic E-state index is 11.9. The fourth-order valence-corrected chi connectivity index (χ4v) is 4.74. The summed E-state index contributed by atoms with van der Waals surface area (Å²) in [6.45, 7) is 2.74. The fourth-order valence-electron chi connectivity index (χ4n) is 4.19. The summed E-state index contributed by atoms with van der Waals surface area (Å²) < 4.78 is 20.2. The molecule has 1 aliphatic rings. The largest absolute Gasteiger partial charge is 0.491 e. The van der Waals surface area contributed by atoms with E-state index in [-0.39, 0.29) is 31.1 Å².